The van der Waals surface area contributed by atoms with E-state index >= 15 is 0 Å². The fraction of sp³-hybridized carbons (Fsp3) is 0.143. The number of nitrogens with zero attached hydrogens (tertiary/aromatic N) is 2. The van der Waals surface area contributed by atoms with Gasteiger partial charge in [-0.15, -0.1) is 0 Å². The van der Waals surface area contributed by atoms with Gasteiger partial charge in [-0.25, -0.2) is 27.5 Å². The Balaban J connectivity index is 2.60. The van der Waals surface area contributed by atoms with Gasteiger partial charge in [-0.2, -0.15) is 0 Å². The molecule has 0 aliphatic heterocycles. The molecule has 2 nitrogen and oxygen atoms in total. The van der Waals surface area contributed by atoms with Crippen LogP contribution < -0.4 is 0 Å². The first-order valence-electron chi connectivity index (χ1n) is 5.81. The molecule has 20 heavy (non-hydrogen) atoms. The highest BCUT2D eigenvalue weighted by atomic mass is 19.1. The average Bonchev–Trinajstić information content (AvgIpc) is 2.41. The van der Waals surface area contributed by atoms with E-state index in [-0.39, 0.29) is 11.1 Å². The van der Waals surface area contributed by atoms with E-state index in [0.717, 1.165) is 12.1 Å². The maximum atomic E-state index is 13.9. The number of aryl methyl sites for hydroxylation is 2. The van der Waals surface area contributed by atoms with Gasteiger partial charge in [-0.05, 0) is 37.1 Å². The van der Waals surface area contributed by atoms with Crippen LogP contribution in [0.5, 0.6) is 0 Å². The molecular weight excluding hydrogens is 272 g/mol. The van der Waals surface area contributed by atoms with Crippen LogP contribution in [0, 0.1) is 37.1 Å². The zero-order valence-corrected chi connectivity index (χ0v) is 10.6. The van der Waals surface area contributed by atoms with Gasteiger partial charge < -0.3 is 0 Å². The van der Waals surface area contributed by atoms with Crippen molar-refractivity contribution in [2.45, 2.75) is 13.8 Å². The lowest BCUT2D eigenvalue weighted by Crippen LogP contribution is -2.00. The summed E-state index contributed by atoms with van der Waals surface area (Å²) in [6.07, 6.45) is 0. The van der Waals surface area contributed by atoms with Crippen molar-refractivity contribution >= 4 is 22.1 Å². The molecule has 0 fully saturated rings. The number of benzene rings is 2. The second kappa shape index (κ2) is 4.13. The Morgan fingerprint density at radius 3 is 1.35 bits per heavy atom. The molecule has 102 valence electrons. The summed E-state index contributed by atoms with van der Waals surface area (Å²) in [5.41, 5.74) is -1.59. The molecule has 1 heterocycles. The standard InChI is InChI=1S/C14H8F4N2/c1-5-3-7(15)11-13(9(5)17)19-12-8(16)4-6(2)10(18)14(12)20-11/h3-4H,1-2H3. The Bertz CT molecular complexity index is 801. The lowest BCUT2D eigenvalue weighted by Gasteiger charge is -2.07. The summed E-state index contributed by atoms with van der Waals surface area (Å²) in [5, 5.41) is 0. The Kier molecular flexibility index (Phi) is 2.64. The lowest BCUT2D eigenvalue weighted by atomic mass is 10.1. The molecule has 0 amide bonds. The van der Waals surface area contributed by atoms with Gasteiger partial charge in [0.2, 0.25) is 0 Å². The molecule has 3 rings (SSSR count). The summed E-state index contributed by atoms with van der Waals surface area (Å²) in [4.78, 5) is 7.42. The van der Waals surface area contributed by atoms with Crippen molar-refractivity contribution in [1.82, 2.24) is 9.97 Å². The van der Waals surface area contributed by atoms with Crippen molar-refractivity contribution in [1.29, 1.82) is 0 Å². The molecule has 0 saturated carbocycles. The molecule has 0 radical (unpaired) electrons. The molecule has 0 aliphatic rings. The van der Waals surface area contributed by atoms with Crippen molar-refractivity contribution in [2.75, 3.05) is 0 Å². The lowest BCUT2D eigenvalue weighted by molar-refractivity contribution is 0.597. The summed E-state index contributed by atoms with van der Waals surface area (Å²) in [5.74, 6) is -3.24. The Labute approximate surface area is 111 Å². The highest BCUT2D eigenvalue weighted by Gasteiger charge is 2.18. The third-order valence-corrected chi connectivity index (χ3v) is 3.14. The van der Waals surface area contributed by atoms with E-state index in [0.29, 0.717) is 0 Å². The van der Waals surface area contributed by atoms with E-state index in [2.05, 4.69) is 9.97 Å². The van der Waals surface area contributed by atoms with Crippen molar-refractivity contribution < 1.29 is 17.6 Å². The summed E-state index contributed by atoms with van der Waals surface area (Å²) in [6, 6.07) is 1.89. The van der Waals surface area contributed by atoms with E-state index in [1.807, 2.05) is 0 Å². The first-order valence-corrected chi connectivity index (χ1v) is 5.81. The topological polar surface area (TPSA) is 25.8 Å². The van der Waals surface area contributed by atoms with E-state index in [1.165, 1.54) is 13.8 Å². The van der Waals surface area contributed by atoms with Gasteiger partial charge in [-0.3, -0.25) is 0 Å². The van der Waals surface area contributed by atoms with Crippen molar-refractivity contribution in [2.24, 2.45) is 0 Å². The molecule has 1 aromatic heterocycles. The Morgan fingerprint density at radius 1 is 0.650 bits per heavy atom. The van der Waals surface area contributed by atoms with Crippen LogP contribution in [0.25, 0.3) is 22.1 Å². The van der Waals surface area contributed by atoms with Gasteiger partial charge in [0.25, 0.3) is 0 Å². The minimum absolute atomic E-state index is 0.0247. The third-order valence-electron chi connectivity index (χ3n) is 3.14. The normalized spacial score (nSPS) is 11.5. The van der Waals surface area contributed by atoms with E-state index in [9.17, 15) is 17.6 Å². The number of fused-ring (bicyclic) bond motifs is 2. The number of hydrogen-bond acceptors (Lipinski definition) is 2. The van der Waals surface area contributed by atoms with Crippen LogP contribution in [0.3, 0.4) is 0 Å². The number of hydrogen-bond donors (Lipinski definition) is 0. The van der Waals surface area contributed by atoms with Crippen LogP contribution in [0.2, 0.25) is 0 Å². The van der Waals surface area contributed by atoms with E-state index < -0.39 is 45.3 Å². The third kappa shape index (κ3) is 1.64. The van der Waals surface area contributed by atoms with Crippen molar-refractivity contribution in [3.8, 4) is 0 Å². The van der Waals surface area contributed by atoms with Crippen LogP contribution in [0.1, 0.15) is 11.1 Å². The molecule has 0 atom stereocenters. The molecule has 6 heteroatoms. The molecule has 0 bridgehead atoms. The van der Waals surface area contributed by atoms with Gasteiger partial charge in [0.15, 0.2) is 23.3 Å². The fourth-order valence-corrected chi connectivity index (χ4v) is 2.09. The van der Waals surface area contributed by atoms with Crippen molar-refractivity contribution in [3.63, 3.8) is 0 Å². The van der Waals surface area contributed by atoms with E-state index in [4.69, 9.17) is 0 Å². The van der Waals surface area contributed by atoms with E-state index in [1.54, 1.807) is 0 Å². The predicted molar refractivity (Wildman–Crippen MR) is 66.4 cm³/mol. The quantitative estimate of drug-likeness (QED) is 0.460. The highest BCUT2D eigenvalue weighted by Crippen LogP contribution is 2.27. The van der Waals surface area contributed by atoms with Gasteiger partial charge in [-0.1, -0.05) is 0 Å². The van der Waals surface area contributed by atoms with Crippen LogP contribution in [-0.4, -0.2) is 9.97 Å². The molecule has 0 unspecified atom stereocenters. The first kappa shape index (κ1) is 12.8. The SMILES string of the molecule is Cc1cc(F)c2nc3c(F)c(C)cc(F)c3nc2c1F. The summed E-state index contributed by atoms with van der Waals surface area (Å²) >= 11 is 0. The molecule has 0 spiro atoms. The smallest absolute Gasteiger partial charge is 0.154 e. The Hall–Kier alpha value is -2.24. The summed E-state index contributed by atoms with van der Waals surface area (Å²) in [7, 11) is 0. The molecule has 2 aromatic carbocycles. The van der Waals surface area contributed by atoms with Crippen LogP contribution in [0.15, 0.2) is 12.1 Å². The monoisotopic (exact) mass is 280 g/mol. The first-order chi connectivity index (χ1) is 9.40. The largest absolute Gasteiger partial charge is 0.238 e. The fourth-order valence-electron chi connectivity index (χ4n) is 2.09. The molecular formula is C14H8F4N2. The molecule has 0 saturated heterocycles. The van der Waals surface area contributed by atoms with Crippen LogP contribution >= 0.6 is 0 Å². The maximum absolute atomic E-state index is 13.9. The van der Waals surface area contributed by atoms with Crippen LogP contribution in [0.4, 0.5) is 17.6 Å². The van der Waals surface area contributed by atoms with Gasteiger partial charge in [0, 0.05) is 0 Å². The minimum Gasteiger partial charge on any atom is -0.238 e. The predicted octanol–water partition coefficient (Wildman–Crippen LogP) is 3.96. The average molecular weight is 280 g/mol. The van der Waals surface area contributed by atoms with Gasteiger partial charge in [0.1, 0.15) is 22.1 Å². The molecule has 0 aliphatic carbocycles. The number of rotatable bonds is 0. The zero-order valence-electron chi connectivity index (χ0n) is 10.6. The minimum atomic E-state index is -0.824. The van der Waals surface area contributed by atoms with Gasteiger partial charge in [0.05, 0.1) is 0 Å². The van der Waals surface area contributed by atoms with Gasteiger partial charge >= 0.3 is 0 Å². The number of aromatic nitrogens is 2. The maximum Gasteiger partial charge on any atom is 0.154 e. The molecule has 0 N–H and O–H groups in total. The number of halogens is 4. The summed E-state index contributed by atoms with van der Waals surface area (Å²) in [6.45, 7) is 2.71. The zero-order chi connectivity index (χ0) is 14.6. The second-order valence-corrected chi connectivity index (χ2v) is 4.60. The molecule has 3 aromatic rings. The van der Waals surface area contributed by atoms with Crippen LogP contribution in [-0.2, 0) is 0 Å². The highest BCUT2D eigenvalue weighted by molar-refractivity contribution is 5.88. The van der Waals surface area contributed by atoms with Crippen molar-refractivity contribution in [3.05, 3.63) is 46.5 Å². The Morgan fingerprint density at radius 2 is 1.00 bits per heavy atom. The second-order valence-electron chi connectivity index (χ2n) is 4.60. The summed E-state index contributed by atoms with van der Waals surface area (Å²) < 4.78 is 55.5.